The number of nitrogens with one attached hydrogen (secondary N) is 2. The van der Waals surface area contributed by atoms with Crippen molar-refractivity contribution >= 4 is 40.0 Å². The Morgan fingerprint density at radius 3 is 2.52 bits per heavy atom. The molecular formula is C20H22BrN7O. The third-order valence-electron chi connectivity index (χ3n) is 3.87. The van der Waals surface area contributed by atoms with Crippen molar-refractivity contribution in [3.8, 4) is 5.75 Å². The molecule has 1 aromatic heterocycles. The molecule has 150 valence electrons. The first-order valence-corrected chi connectivity index (χ1v) is 9.68. The fourth-order valence-electron chi connectivity index (χ4n) is 2.40. The van der Waals surface area contributed by atoms with Gasteiger partial charge in [0.15, 0.2) is 0 Å². The van der Waals surface area contributed by atoms with Gasteiger partial charge in [0.05, 0.1) is 17.8 Å². The molecule has 8 nitrogen and oxygen atoms in total. The minimum Gasteiger partial charge on any atom is -0.496 e. The summed E-state index contributed by atoms with van der Waals surface area (Å²) in [6, 6.07) is 15.7. The average Bonchev–Trinajstić information content (AvgIpc) is 2.73. The number of rotatable bonds is 8. The van der Waals surface area contributed by atoms with Gasteiger partial charge in [-0.05, 0) is 45.3 Å². The fraction of sp³-hybridized carbons (Fsp3) is 0.200. The Morgan fingerprint density at radius 1 is 1.07 bits per heavy atom. The number of hydrazone groups is 1. The van der Waals surface area contributed by atoms with Gasteiger partial charge in [-0.15, -0.1) is 0 Å². The molecule has 0 aliphatic rings. The lowest BCUT2D eigenvalue weighted by molar-refractivity contribution is 0.412. The van der Waals surface area contributed by atoms with Gasteiger partial charge in [-0.3, -0.25) is 0 Å². The summed E-state index contributed by atoms with van der Waals surface area (Å²) in [7, 11) is 5.37. The van der Waals surface area contributed by atoms with E-state index in [1.165, 1.54) is 0 Å². The number of hydrogen-bond acceptors (Lipinski definition) is 8. The maximum atomic E-state index is 5.23. The number of halogens is 1. The van der Waals surface area contributed by atoms with E-state index >= 15 is 0 Å². The Balaban J connectivity index is 1.72. The standard InChI is InChI=1S/C20H22BrN7O/c1-28(2)20-25-18(22-12-14-7-5-4-6-8-14)24-19(26-20)27-23-13-15-9-10-17(29-3)16(21)11-15/h4-11,13H,12H2,1-3H3,(H2,22,24,25,26,27)/b23-13+. The van der Waals surface area contributed by atoms with E-state index < -0.39 is 0 Å². The van der Waals surface area contributed by atoms with Gasteiger partial charge in [0.1, 0.15) is 5.75 Å². The van der Waals surface area contributed by atoms with E-state index in [2.05, 4.69) is 46.7 Å². The Bertz CT molecular complexity index is 980. The maximum Gasteiger partial charge on any atom is 0.250 e. The van der Waals surface area contributed by atoms with Crippen molar-refractivity contribution in [2.45, 2.75) is 6.54 Å². The highest BCUT2D eigenvalue weighted by molar-refractivity contribution is 9.10. The van der Waals surface area contributed by atoms with Crippen LogP contribution in [0.1, 0.15) is 11.1 Å². The SMILES string of the molecule is COc1ccc(/C=N/Nc2nc(NCc3ccccc3)nc(N(C)C)n2)cc1Br. The zero-order valence-corrected chi connectivity index (χ0v) is 18.0. The highest BCUT2D eigenvalue weighted by atomic mass is 79.9. The van der Waals surface area contributed by atoms with Crippen LogP contribution in [0.3, 0.4) is 0 Å². The molecule has 0 unspecified atom stereocenters. The minimum absolute atomic E-state index is 0.350. The second kappa shape index (κ2) is 9.83. The lowest BCUT2D eigenvalue weighted by atomic mass is 10.2. The number of benzene rings is 2. The first kappa shape index (κ1) is 20.5. The molecule has 0 radical (unpaired) electrons. The van der Waals surface area contributed by atoms with E-state index in [0.717, 1.165) is 21.3 Å². The van der Waals surface area contributed by atoms with E-state index in [0.29, 0.717) is 24.4 Å². The quantitative estimate of drug-likeness (QED) is 0.394. The lowest BCUT2D eigenvalue weighted by Gasteiger charge is -2.13. The molecule has 2 aromatic carbocycles. The van der Waals surface area contributed by atoms with E-state index in [4.69, 9.17) is 4.74 Å². The average molecular weight is 456 g/mol. The van der Waals surface area contributed by atoms with Crippen LogP contribution in [-0.2, 0) is 6.54 Å². The molecular weight excluding hydrogens is 434 g/mol. The summed E-state index contributed by atoms with van der Waals surface area (Å²) in [4.78, 5) is 15.0. The number of hydrogen-bond donors (Lipinski definition) is 2. The van der Waals surface area contributed by atoms with Crippen LogP contribution in [0.25, 0.3) is 0 Å². The predicted molar refractivity (Wildman–Crippen MR) is 120 cm³/mol. The topological polar surface area (TPSA) is 87.6 Å². The van der Waals surface area contributed by atoms with E-state index in [1.807, 2.05) is 67.5 Å². The summed E-state index contributed by atoms with van der Waals surface area (Å²) in [5, 5.41) is 7.46. The number of ether oxygens (including phenoxy) is 1. The molecule has 0 atom stereocenters. The molecule has 0 fully saturated rings. The molecule has 0 saturated carbocycles. The number of nitrogens with zero attached hydrogens (tertiary/aromatic N) is 5. The van der Waals surface area contributed by atoms with Crippen molar-refractivity contribution < 1.29 is 4.74 Å². The maximum absolute atomic E-state index is 5.23. The molecule has 0 bridgehead atoms. The highest BCUT2D eigenvalue weighted by Gasteiger charge is 2.08. The van der Waals surface area contributed by atoms with Crippen molar-refractivity contribution in [2.75, 3.05) is 36.8 Å². The van der Waals surface area contributed by atoms with Gasteiger partial charge in [-0.1, -0.05) is 30.3 Å². The van der Waals surface area contributed by atoms with Gasteiger partial charge in [-0.2, -0.15) is 20.1 Å². The molecule has 0 spiro atoms. The summed E-state index contributed by atoms with van der Waals surface area (Å²) in [5.41, 5.74) is 4.90. The summed E-state index contributed by atoms with van der Waals surface area (Å²) >= 11 is 3.46. The summed E-state index contributed by atoms with van der Waals surface area (Å²) in [6.07, 6.45) is 1.68. The largest absolute Gasteiger partial charge is 0.496 e. The molecule has 9 heteroatoms. The first-order chi connectivity index (χ1) is 14.0. The van der Waals surface area contributed by atoms with E-state index in [1.54, 1.807) is 13.3 Å². The van der Waals surface area contributed by atoms with Gasteiger partial charge in [0.25, 0.3) is 0 Å². The Labute approximate surface area is 178 Å². The Kier molecular flexibility index (Phi) is 6.96. The highest BCUT2D eigenvalue weighted by Crippen LogP contribution is 2.24. The molecule has 1 heterocycles. The lowest BCUT2D eigenvalue weighted by Crippen LogP contribution is -2.16. The van der Waals surface area contributed by atoms with E-state index in [9.17, 15) is 0 Å². The van der Waals surface area contributed by atoms with Crippen LogP contribution in [0, 0.1) is 0 Å². The summed E-state index contributed by atoms with van der Waals surface area (Å²) < 4.78 is 6.09. The molecule has 0 saturated heterocycles. The van der Waals surface area contributed by atoms with Crippen LogP contribution < -0.4 is 20.4 Å². The van der Waals surface area contributed by atoms with Gasteiger partial charge < -0.3 is 15.0 Å². The van der Waals surface area contributed by atoms with Gasteiger partial charge >= 0.3 is 0 Å². The third kappa shape index (κ3) is 5.89. The smallest absolute Gasteiger partial charge is 0.250 e. The summed E-state index contributed by atoms with van der Waals surface area (Å²) in [6.45, 7) is 0.611. The van der Waals surface area contributed by atoms with Crippen LogP contribution in [0.4, 0.5) is 17.8 Å². The molecule has 29 heavy (non-hydrogen) atoms. The second-order valence-electron chi connectivity index (χ2n) is 6.28. The third-order valence-corrected chi connectivity index (χ3v) is 4.49. The zero-order chi connectivity index (χ0) is 20.6. The Morgan fingerprint density at radius 2 is 1.83 bits per heavy atom. The molecule has 0 aliphatic heterocycles. The number of aromatic nitrogens is 3. The van der Waals surface area contributed by atoms with Crippen LogP contribution in [0.15, 0.2) is 58.1 Å². The second-order valence-corrected chi connectivity index (χ2v) is 7.13. The molecule has 0 aliphatic carbocycles. The van der Waals surface area contributed by atoms with Gasteiger partial charge in [0.2, 0.25) is 17.8 Å². The first-order valence-electron chi connectivity index (χ1n) is 8.89. The van der Waals surface area contributed by atoms with Crippen molar-refractivity contribution in [3.63, 3.8) is 0 Å². The zero-order valence-electron chi connectivity index (χ0n) is 16.4. The molecule has 0 amide bonds. The number of methoxy groups -OCH3 is 1. The van der Waals surface area contributed by atoms with Crippen molar-refractivity contribution in [1.82, 2.24) is 15.0 Å². The fourth-order valence-corrected chi connectivity index (χ4v) is 2.96. The molecule has 2 N–H and O–H groups in total. The monoisotopic (exact) mass is 455 g/mol. The molecule has 3 aromatic rings. The predicted octanol–water partition coefficient (Wildman–Crippen LogP) is 3.77. The Hall–Kier alpha value is -3.20. The summed E-state index contributed by atoms with van der Waals surface area (Å²) in [5.74, 6) is 2.11. The normalized spacial score (nSPS) is 10.8. The van der Waals surface area contributed by atoms with Crippen molar-refractivity contribution in [2.24, 2.45) is 5.10 Å². The minimum atomic E-state index is 0.350. The van der Waals surface area contributed by atoms with Crippen molar-refractivity contribution in [1.29, 1.82) is 0 Å². The number of anilines is 3. The van der Waals surface area contributed by atoms with Crippen LogP contribution in [-0.4, -0.2) is 42.4 Å². The van der Waals surface area contributed by atoms with Crippen LogP contribution >= 0.6 is 15.9 Å². The van der Waals surface area contributed by atoms with Gasteiger partial charge in [0, 0.05) is 20.6 Å². The van der Waals surface area contributed by atoms with Gasteiger partial charge in [-0.25, -0.2) is 5.43 Å². The van der Waals surface area contributed by atoms with Crippen LogP contribution in [0.2, 0.25) is 0 Å². The van der Waals surface area contributed by atoms with E-state index in [-0.39, 0.29) is 0 Å². The molecule has 3 rings (SSSR count). The van der Waals surface area contributed by atoms with Crippen LogP contribution in [0.5, 0.6) is 5.75 Å². The van der Waals surface area contributed by atoms with Crippen molar-refractivity contribution in [3.05, 3.63) is 64.1 Å².